The molecule has 7 heteroatoms. The molecule has 1 aromatic carbocycles. The standard InChI is InChI=1S/C22H29N3O3S/c1-23-8-10-24(11-9-23)21(26)15-25-7-6-16-13-18(27-2)19(28-3)14-17(16)22(25)20-5-4-12-29-20/h4-5,12-14,22H,6-11,15H2,1-3H3. The zero-order valence-electron chi connectivity index (χ0n) is 17.4. The van der Waals surface area contributed by atoms with Gasteiger partial charge in [-0.3, -0.25) is 9.69 Å². The minimum atomic E-state index is 0.0648. The third kappa shape index (κ3) is 4.13. The Kier molecular flexibility index (Phi) is 6.08. The molecule has 2 aliphatic rings. The molecule has 0 spiro atoms. The molecule has 1 saturated heterocycles. The number of rotatable bonds is 5. The fraction of sp³-hybridized carbons (Fsp3) is 0.500. The van der Waals surface area contributed by atoms with Crippen molar-refractivity contribution in [2.45, 2.75) is 12.5 Å². The van der Waals surface area contributed by atoms with E-state index in [1.807, 2.05) is 4.90 Å². The van der Waals surface area contributed by atoms with Crippen molar-refractivity contribution in [3.63, 3.8) is 0 Å². The van der Waals surface area contributed by atoms with Crippen LogP contribution in [0.4, 0.5) is 0 Å². The van der Waals surface area contributed by atoms with E-state index in [-0.39, 0.29) is 11.9 Å². The Morgan fingerprint density at radius 1 is 1.10 bits per heavy atom. The lowest BCUT2D eigenvalue weighted by Crippen LogP contribution is -2.51. The van der Waals surface area contributed by atoms with Crippen LogP contribution >= 0.6 is 11.3 Å². The van der Waals surface area contributed by atoms with E-state index >= 15 is 0 Å². The first-order chi connectivity index (χ1) is 14.1. The highest BCUT2D eigenvalue weighted by atomic mass is 32.1. The molecular formula is C22H29N3O3S. The van der Waals surface area contributed by atoms with E-state index in [0.717, 1.165) is 50.6 Å². The molecule has 1 unspecified atom stereocenters. The summed E-state index contributed by atoms with van der Waals surface area (Å²) in [5, 5.41) is 2.10. The molecule has 1 amide bonds. The maximum atomic E-state index is 13.0. The number of amides is 1. The Bertz CT molecular complexity index is 847. The molecule has 0 saturated carbocycles. The lowest BCUT2D eigenvalue weighted by molar-refractivity contribution is -0.134. The van der Waals surface area contributed by atoms with Crippen LogP contribution < -0.4 is 9.47 Å². The maximum absolute atomic E-state index is 13.0. The summed E-state index contributed by atoms with van der Waals surface area (Å²) in [4.78, 5) is 20.9. The van der Waals surface area contributed by atoms with Gasteiger partial charge in [0, 0.05) is 37.6 Å². The van der Waals surface area contributed by atoms with Gasteiger partial charge in [-0.25, -0.2) is 0 Å². The lowest BCUT2D eigenvalue weighted by atomic mass is 9.90. The highest BCUT2D eigenvalue weighted by molar-refractivity contribution is 7.10. The van der Waals surface area contributed by atoms with E-state index in [9.17, 15) is 4.79 Å². The van der Waals surface area contributed by atoms with Gasteiger partial charge in [-0.15, -0.1) is 11.3 Å². The number of fused-ring (bicyclic) bond motifs is 1. The second-order valence-corrected chi connectivity index (χ2v) is 8.71. The van der Waals surface area contributed by atoms with Gasteiger partial charge in [-0.1, -0.05) is 6.07 Å². The summed E-state index contributed by atoms with van der Waals surface area (Å²) in [6.07, 6.45) is 0.896. The Balaban J connectivity index is 1.62. The van der Waals surface area contributed by atoms with Crippen molar-refractivity contribution in [1.82, 2.24) is 14.7 Å². The van der Waals surface area contributed by atoms with Crippen LogP contribution in [0.5, 0.6) is 11.5 Å². The van der Waals surface area contributed by atoms with E-state index in [4.69, 9.17) is 9.47 Å². The van der Waals surface area contributed by atoms with E-state index < -0.39 is 0 Å². The third-order valence-corrected chi connectivity index (χ3v) is 6.91. The second-order valence-electron chi connectivity index (χ2n) is 7.73. The van der Waals surface area contributed by atoms with Crippen molar-refractivity contribution in [1.29, 1.82) is 0 Å². The van der Waals surface area contributed by atoms with Crippen LogP contribution in [-0.2, 0) is 11.2 Å². The van der Waals surface area contributed by atoms with Crippen LogP contribution in [0.25, 0.3) is 0 Å². The second kappa shape index (κ2) is 8.73. The van der Waals surface area contributed by atoms with Crippen molar-refractivity contribution in [2.75, 3.05) is 60.5 Å². The number of methoxy groups -OCH3 is 2. The van der Waals surface area contributed by atoms with Gasteiger partial charge >= 0.3 is 0 Å². The van der Waals surface area contributed by atoms with Crippen LogP contribution in [0.15, 0.2) is 29.6 Å². The minimum Gasteiger partial charge on any atom is -0.493 e. The smallest absolute Gasteiger partial charge is 0.236 e. The summed E-state index contributed by atoms with van der Waals surface area (Å²) in [6, 6.07) is 8.48. The summed E-state index contributed by atoms with van der Waals surface area (Å²) in [5.74, 6) is 1.72. The highest BCUT2D eigenvalue weighted by Crippen LogP contribution is 2.42. The molecule has 156 valence electrons. The number of benzene rings is 1. The van der Waals surface area contributed by atoms with Crippen LogP contribution in [0.1, 0.15) is 22.0 Å². The zero-order chi connectivity index (χ0) is 20.4. The Labute approximate surface area is 176 Å². The number of ether oxygens (including phenoxy) is 2. The van der Waals surface area contributed by atoms with Crippen LogP contribution in [0.2, 0.25) is 0 Å². The van der Waals surface area contributed by atoms with Crippen molar-refractivity contribution in [3.8, 4) is 11.5 Å². The molecule has 2 aliphatic heterocycles. The fourth-order valence-electron chi connectivity index (χ4n) is 4.28. The van der Waals surface area contributed by atoms with E-state index in [0.29, 0.717) is 6.54 Å². The minimum absolute atomic E-state index is 0.0648. The number of hydrogen-bond donors (Lipinski definition) is 0. The average Bonchev–Trinajstić information content (AvgIpc) is 3.27. The first-order valence-electron chi connectivity index (χ1n) is 10.1. The molecule has 3 heterocycles. The number of hydrogen-bond acceptors (Lipinski definition) is 6. The van der Waals surface area contributed by atoms with Crippen molar-refractivity contribution < 1.29 is 14.3 Å². The number of thiophene rings is 1. The maximum Gasteiger partial charge on any atom is 0.236 e. The zero-order valence-corrected chi connectivity index (χ0v) is 18.2. The van der Waals surface area contributed by atoms with Gasteiger partial charge in [0.2, 0.25) is 5.91 Å². The van der Waals surface area contributed by atoms with Gasteiger partial charge in [-0.2, -0.15) is 0 Å². The molecule has 0 radical (unpaired) electrons. The largest absolute Gasteiger partial charge is 0.493 e. The van der Waals surface area contributed by atoms with Crippen molar-refractivity contribution in [2.24, 2.45) is 0 Å². The quantitative estimate of drug-likeness (QED) is 0.751. The van der Waals surface area contributed by atoms with E-state index in [1.54, 1.807) is 25.6 Å². The fourth-order valence-corrected chi connectivity index (χ4v) is 5.15. The molecule has 2 aromatic rings. The summed E-state index contributed by atoms with van der Waals surface area (Å²) in [6.45, 7) is 4.81. The normalized spacial score (nSPS) is 20.4. The molecule has 1 atom stereocenters. The highest BCUT2D eigenvalue weighted by Gasteiger charge is 2.33. The summed E-state index contributed by atoms with van der Waals surface area (Å²) >= 11 is 1.74. The molecule has 29 heavy (non-hydrogen) atoms. The molecule has 6 nitrogen and oxygen atoms in total. The van der Waals surface area contributed by atoms with E-state index in [1.165, 1.54) is 16.0 Å². The number of likely N-dealkylation sites (N-methyl/N-ethyl adjacent to an activating group) is 1. The molecule has 1 aromatic heterocycles. The monoisotopic (exact) mass is 415 g/mol. The topological polar surface area (TPSA) is 45.3 Å². The SMILES string of the molecule is COc1cc2c(cc1OC)C(c1cccs1)N(CC(=O)N1CCN(C)CC1)CC2. The van der Waals surface area contributed by atoms with Gasteiger partial charge in [-0.05, 0) is 48.2 Å². The average molecular weight is 416 g/mol. The Hall–Kier alpha value is -2.09. The predicted molar refractivity (Wildman–Crippen MR) is 115 cm³/mol. The van der Waals surface area contributed by atoms with Gasteiger partial charge in [0.1, 0.15) is 0 Å². The Morgan fingerprint density at radius 3 is 2.48 bits per heavy atom. The van der Waals surface area contributed by atoms with Crippen molar-refractivity contribution >= 4 is 17.2 Å². The summed E-state index contributed by atoms with van der Waals surface area (Å²) < 4.78 is 11.1. The molecule has 1 fully saturated rings. The number of carbonyl (C=O) groups is 1. The first-order valence-corrected chi connectivity index (χ1v) is 11.0. The lowest BCUT2D eigenvalue weighted by Gasteiger charge is -2.39. The molecule has 0 N–H and O–H groups in total. The third-order valence-electron chi connectivity index (χ3n) is 5.98. The number of piperazine rings is 1. The van der Waals surface area contributed by atoms with Crippen LogP contribution in [0, 0.1) is 0 Å². The Morgan fingerprint density at radius 2 is 1.83 bits per heavy atom. The van der Waals surface area contributed by atoms with Gasteiger partial charge in [0.15, 0.2) is 11.5 Å². The van der Waals surface area contributed by atoms with Gasteiger partial charge in [0.25, 0.3) is 0 Å². The molecule has 0 bridgehead atoms. The first kappa shape index (κ1) is 20.2. The van der Waals surface area contributed by atoms with Crippen LogP contribution in [-0.4, -0.2) is 81.1 Å². The van der Waals surface area contributed by atoms with Crippen molar-refractivity contribution in [3.05, 3.63) is 45.6 Å². The number of nitrogens with zero attached hydrogens (tertiary/aromatic N) is 3. The number of carbonyl (C=O) groups excluding carboxylic acids is 1. The van der Waals surface area contributed by atoms with Gasteiger partial charge < -0.3 is 19.3 Å². The molecule has 0 aliphatic carbocycles. The summed E-state index contributed by atoms with van der Waals surface area (Å²) in [5.41, 5.74) is 2.48. The molecular weight excluding hydrogens is 386 g/mol. The molecule has 4 rings (SSSR count). The van der Waals surface area contributed by atoms with Crippen LogP contribution in [0.3, 0.4) is 0 Å². The summed E-state index contributed by atoms with van der Waals surface area (Å²) in [7, 11) is 5.45. The predicted octanol–water partition coefficient (Wildman–Crippen LogP) is 2.49. The van der Waals surface area contributed by atoms with E-state index in [2.05, 4.69) is 46.5 Å². The van der Waals surface area contributed by atoms with Gasteiger partial charge in [0.05, 0.1) is 26.8 Å².